The van der Waals surface area contributed by atoms with Crippen molar-refractivity contribution >= 4 is 11.6 Å². The lowest BCUT2D eigenvalue weighted by atomic mass is 9.90. The lowest BCUT2D eigenvalue weighted by Gasteiger charge is -2.30. The topological polar surface area (TPSA) is 67.2 Å². The van der Waals surface area contributed by atoms with Gasteiger partial charge >= 0.3 is 0 Å². The molecule has 4 N–H and O–H groups in total. The molecule has 1 aliphatic rings. The Morgan fingerprint density at radius 3 is 2.42 bits per heavy atom. The van der Waals surface area contributed by atoms with Crippen LogP contribution in [0.2, 0.25) is 0 Å². The summed E-state index contributed by atoms with van der Waals surface area (Å²) in [6.07, 6.45) is 2.28. The minimum absolute atomic E-state index is 0.0323. The maximum atomic E-state index is 13.1. The van der Waals surface area contributed by atoms with Gasteiger partial charge in [0.15, 0.2) is 0 Å². The van der Waals surface area contributed by atoms with Crippen LogP contribution in [0.25, 0.3) is 0 Å². The van der Waals surface area contributed by atoms with Crippen molar-refractivity contribution in [1.29, 1.82) is 0 Å². The molecule has 4 nitrogen and oxygen atoms in total. The molecule has 4 rings (SSSR count). The van der Waals surface area contributed by atoms with Crippen molar-refractivity contribution in [2.75, 3.05) is 11.9 Å². The van der Waals surface area contributed by atoms with Gasteiger partial charge in [-0.05, 0) is 92.0 Å². The molecule has 4 heteroatoms. The Bertz CT molecular complexity index is 1130. The first-order valence-electron chi connectivity index (χ1n) is 11.9. The molecule has 172 valence electrons. The van der Waals surface area contributed by atoms with Crippen molar-refractivity contribution in [2.45, 2.75) is 59.0 Å². The molecule has 1 heterocycles. The molecule has 0 bridgehead atoms. The predicted octanol–water partition coefficient (Wildman–Crippen LogP) is 5.05. The lowest BCUT2D eigenvalue weighted by Crippen LogP contribution is -2.44. The maximum Gasteiger partial charge on any atom is 0.237 e. The number of rotatable bonds is 6. The molecule has 0 fully saturated rings. The quantitative estimate of drug-likeness (QED) is 0.501. The molecule has 33 heavy (non-hydrogen) atoms. The first-order chi connectivity index (χ1) is 15.8. The molecule has 0 saturated carbocycles. The molecule has 3 aromatic carbocycles. The molecule has 0 saturated heterocycles. The summed E-state index contributed by atoms with van der Waals surface area (Å²) in [5, 5.41) is 6.76. The number of benzene rings is 3. The summed E-state index contributed by atoms with van der Waals surface area (Å²) in [5.41, 5.74) is 17.3. The molecule has 2 atom stereocenters. The van der Waals surface area contributed by atoms with Crippen LogP contribution in [-0.2, 0) is 17.6 Å². The highest BCUT2D eigenvalue weighted by molar-refractivity contribution is 5.83. The van der Waals surface area contributed by atoms with E-state index in [1.165, 1.54) is 38.9 Å². The van der Waals surface area contributed by atoms with Crippen molar-refractivity contribution in [2.24, 2.45) is 5.73 Å². The van der Waals surface area contributed by atoms with E-state index < -0.39 is 6.04 Å². The first-order valence-corrected chi connectivity index (χ1v) is 11.9. The van der Waals surface area contributed by atoms with E-state index >= 15 is 0 Å². The van der Waals surface area contributed by atoms with Crippen molar-refractivity contribution in [3.8, 4) is 0 Å². The van der Waals surface area contributed by atoms with Gasteiger partial charge in [0.1, 0.15) is 0 Å². The van der Waals surface area contributed by atoms with Gasteiger partial charge in [-0.15, -0.1) is 0 Å². The van der Waals surface area contributed by atoms with E-state index in [1.807, 2.05) is 6.07 Å². The van der Waals surface area contributed by atoms with E-state index in [0.717, 1.165) is 30.6 Å². The number of carbonyl (C=O) groups is 1. The lowest BCUT2D eigenvalue weighted by molar-refractivity contribution is -0.123. The molecule has 0 aromatic heterocycles. The van der Waals surface area contributed by atoms with Crippen LogP contribution < -0.4 is 16.4 Å². The van der Waals surface area contributed by atoms with Crippen LogP contribution in [0.5, 0.6) is 0 Å². The molecule has 0 spiro atoms. The number of hydrogen-bond acceptors (Lipinski definition) is 3. The third-order valence-corrected chi connectivity index (χ3v) is 6.79. The summed E-state index contributed by atoms with van der Waals surface area (Å²) in [5.74, 6) is -0.0857. The number of anilines is 1. The zero-order valence-corrected chi connectivity index (χ0v) is 20.2. The second kappa shape index (κ2) is 9.80. The molecule has 0 aliphatic carbocycles. The van der Waals surface area contributed by atoms with Crippen LogP contribution in [0.4, 0.5) is 5.69 Å². The normalized spacial score (nSPS) is 16.0. The summed E-state index contributed by atoms with van der Waals surface area (Å²) in [6.45, 7) is 9.28. The van der Waals surface area contributed by atoms with Gasteiger partial charge in [-0.2, -0.15) is 0 Å². The van der Waals surface area contributed by atoms with Gasteiger partial charge < -0.3 is 16.4 Å². The zero-order chi connectivity index (χ0) is 23.5. The molecule has 1 amide bonds. The standard InChI is InChI=1S/C29H35N3O/c1-18-12-20(3)24(21(4)13-18)17-26(30)29(33)32-27-10-11-31-28-14-19(2)23(16-25(27)28)15-22-8-6-5-7-9-22/h5-9,12-14,16,26-27,31H,10-11,15,17,30H2,1-4H3,(H,32,33). The van der Waals surface area contributed by atoms with E-state index in [0.29, 0.717) is 6.42 Å². The Balaban J connectivity index is 1.51. The van der Waals surface area contributed by atoms with Gasteiger partial charge in [0.25, 0.3) is 0 Å². The Hall–Kier alpha value is -3.11. The van der Waals surface area contributed by atoms with Gasteiger partial charge in [-0.25, -0.2) is 0 Å². The molecular formula is C29H35N3O. The maximum absolute atomic E-state index is 13.1. The summed E-state index contributed by atoms with van der Waals surface area (Å²) in [7, 11) is 0. The summed E-state index contributed by atoms with van der Waals surface area (Å²) in [6, 6.07) is 18.7. The first kappa shape index (κ1) is 23.1. The fourth-order valence-corrected chi connectivity index (χ4v) is 5.00. The van der Waals surface area contributed by atoms with Crippen LogP contribution in [-0.4, -0.2) is 18.5 Å². The molecular weight excluding hydrogens is 406 g/mol. The van der Waals surface area contributed by atoms with E-state index in [1.54, 1.807) is 0 Å². The van der Waals surface area contributed by atoms with Crippen molar-refractivity contribution in [1.82, 2.24) is 5.32 Å². The van der Waals surface area contributed by atoms with Crippen LogP contribution in [0.3, 0.4) is 0 Å². The Kier molecular flexibility index (Phi) is 6.85. The van der Waals surface area contributed by atoms with Crippen molar-refractivity contribution < 1.29 is 4.79 Å². The zero-order valence-electron chi connectivity index (χ0n) is 20.2. The molecule has 0 radical (unpaired) electrons. The van der Waals surface area contributed by atoms with Gasteiger partial charge in [0.05, 0.1) is 12.1 Å². The number of aryl methyl sites for hydroxylation is 4. The number of carbonyl (C=O) groups excluding carboxylic acids is 1. The smallest absolute Gasteiger partial charge is 0.237 e. The Labute approximate surface area is 197 Å². The monoisotopic (exact) mass is 441 g/mol. The summed E-state index contributed by atoms with van der Waals surface area (Å²) >= 11 is 0. The summed E-state index contributed by atoms with van der Waals surface area (Å²) < 4.78 is 0. The number of amides is 1. The third kappa shape index (κ3) is 5.28. The van der Waals surface area contributed by atoms with Gasteiger partial charge in [0, 0.05) is 12.2 Å². The fourth-order valence-electron chi connectivity index (χ4n) is 5.00. The number of hydrogen-bond donors (Lipinski definition) is 3. The number of fused-ring (bicyclic) bond motifs is 1. The van der Waals surface area contributed by atoms with Gasteiger partial charge in [-0.1, -0.05) is 54.1 Å². The highest BCUT2D eigenvalue weighted by Crippen LogP contribution is 2.33. The highest BCUT2D eigenvalue weighted by atomic mass is 16.2. The number of nitrogens with two attached hydrogens (primary N) is 1. The second-order valence-electron chi connectivity index (χ2n) is 9.49. The van der Waals surface area contributed by atoms with Gasteiger partial charge in [0.2, 0.25) is 5.91 Å². The average Bonchev–Trinajstić information content (AvgIpc) is 2.77. The van der Waals surface area contributed by atoms with Crippen LogP contribution >= 0.6 is 0 Å². The van der Waals surface area contributed by atoms with Crippen molar-refractivity contribution in [3.63, 3.8) is 0 Å². The fraction of sp³-hybridized carbons (Fsp3) is 0.345. The highest BCUT2D eigenvalue weighted by Gasteiger charge is 2.25. The van der Waals surface area contributed by atoms with E-state index in [9.17, 15) is 4.79 Å². The van der Waals surface area contributed by atoms with Gasteiger partial charge in [-0.3, -0.25) is 4.79 Å². The average molecular weight is 442 g/mol. The van der Waals surface area contributed by atoms with Crippen LogP contribution in [0.15, 0.2) is 54.6 Å². The van der Waals surface area contributed by atoms with Crippen molar-refractivity contribution in [3.05, 3.63) is 99.1 Å². The van der Waals surface area contributed by atoms with E-state index in [2.05, 4.69) is 86.9 Å². The second-order valence-corrected chi connectivity index (χ2v) is 9.49. The minimum Gasteiger partial charge on any atom is -0.385 e. The molecule has 1 aliphatic heterocycles. The predicted molar refractivity (Wildman–Crippen MR) is 137 cm³/mol. The van der Waals surface area contributed by atoms with Crippen LogP contribution in [0, 0.1) is 27.7 Å². The molecule has 3 aromatic rings. The summed E-state index contributed by atoms with van der Waals surface area (Å²) in [4.78, 5) is 13.1. The SMILES string of the molecule is Cc1cc(C)c(CC(N)C(=O)NC2CCNc3cc(C)c(Cc4ccccc4)cc32)c(C)c1. The molecule has 2 unspecified atom stereocenters. The minimum atomic E-state index is -0.572. The van der Waals surface area contributed by atoms with E-state index in [4.69, 9.17) is 5.73 Å². The third-order valence-electron chi connectivity index (χ3n) is 6.79. The largest absolute Gasteiger partial charge is 0.385 e. The Morgan fingerprint density at radius 2 is 1.73 bits per heavy atom. The van der Waals surface area contributed by atoms with Crippen LogP contribution in [0.1, 0.15) is 57.0 Å². The number of nitrogens with one attached hydrogen (secondary N) is 2. The van der Waals surface area contributed by atoms with E-state index in [-0.39, 0.29) is 11.9 Å². The Morgan fingerprint density at radius 1 is 1.03 bits per heavy atom.